The van der Waals surface area contributed by atoms with E-state index in [1.807, 2.05) is 31.2 Å². The molecule has 1 N–H and O–H groups in total. The Bertz CT molecular complexity index is 892. The molecule has 1 fully saturated rings. The van der Waals surface area contributed by atoms with Gasteiger partial charge in [-0.2, -0.15) is 4.31 Å². The van der Waals surface area contributed by atoms with E-state index in [1.165, 1.54) is 16.1 Å². The molecule has 0 unspecified atom stereocenters. The lowest BCUT2D eigenvalue weighted by atomic mass is 10.1. The molecule has 1 saturated heterocycles. The van der Waals surface area contributed by atoms with Gasteiger partial charge in [0.05, 0.1) is 5.69 Å². The highest BCUT2D eigenvalue weighted by Gasteiger charge is 2.28. The first-order chi connectivity index (χ1) is 14.0. The number of guanidine groups is 1. The standard InChI is InChI=1S/C19H26ClN5O3S/c1-2-21-19(22-9-7-16-3-5-17(20)6-4-16)24-10-12-25(13-11-24)29(26,27)15-18-8-14-28-23-18/h3-6,8,14H,2,7,9-13,15H2,1H3,(H,21,22). The number of piperazine rings is 1. The van der Waals surface area contributed by atoms with E-state index < -0.39 is 10.0 Å². The van der Waals surface area contributed by atoms with Gasteiger partial charge in [-0.25, -0.2) is 8.42 Å². The summed E-state index contributed by atoms with van der Waals surface area (Å²) in [6.45, 7) is 5.44. The van der Waals surface area contributed by atoms with Crippen LogP contribution in [0.2, 0.25) is 5.02 Å². The summed E-state index contributed by atoms with van der Waals surface area (Å²) >= 11 is 5.92. The van der Waals surface area contributed by atoms with Crippen LogP contribution in [0.1, 0.15) is 18.2 Å². The van der Waals surface area contributed by atoms with E-state index in [1.54, 1.807) is 6.07 Å². The molecule has 10 heteroatoms. The van der Waals surface area contributed by atoms with Gasteiger partial charge in [-0.05, 0) is 31.0 Å². The van der Waals surface area contributed by atoms with Crippen LogP contribution in [0.15, 0.2) is 46.1 Å². The van der Waals surface area contributed by atoms with Crippen LogP contribution in [0.4, 0.5) is 0 Å². The average Bonchev–Trinajstić information content (AvgIpc) is 3.21. The number of hydrogen-bond donors (Lipinski definition) is 1. The summed E-state index contributed by atoms with van der Waals surface area (Å²) in [6.07, 6.45) is 2.20. The van der Waals surface area contributed by atoms with Crippen molar-refractivity contribution in [2.24, 2.45) is 4.99 Å². The Balaban J connectivity index is 1.55. The molecule has 0 bridgehead atoms. The van der Waals surface area contributed by atoms with E-state index >= 15 is 0 Å². The lowest BCUT2D eigenvalue weighted by Crippen LogP contribution is -2.54. The van der Waals surface area contributed by atoms with Crippen LogP contribution in [-0.4, -0.2) is 68.0 Å². The fraction of sp³-hybridized carbons (Fsp3) is 0.474. The predicted octanol–water partition coefficient (Wildman–Crippen LogP) is 1.98. The first-order valence-corrected chi connectivity index (χ1v) is 11.6. The minimum atomic E-state index is -3.41. The van der Waals surface area contributed by atoms with Crippen LogP contribution < -0.4 is 5.32 Å². The molecular formula is C19H26ClN5O3S. The summed E-state index contributed by atoms with van der Waals surface area (Å²) in [5.41, 5.74) is 1.60. The Labute approximate surface area is 176 Å². The van der Waals surface area contributed by atoms with Crippen molar-refractivity contribution in [1.29, 1.82) is 0 Å². The summed E-state index contributed by atoms with van der Waals surface area (Å²) in [5.74, 6) is 0.675. The minimum absolute atomic E-state index is 0.140. The highest BCUT2D eigenvalue weighted by molar-refractivity contribution is 7.88. The van der Waals surface area contributed by atoms with Gasteiger partial charge in [0.1, 0.15) is 12.0 Å². The Hall–Kier alpha value is -2.10. The Kier molecular flexibility index (Phi) is 7.51. The monoisotopic (exact) mass is 439 g/mol. The molecule has 0 atom stereocenters. The highest BCUT2D eigenvalue weighted by atomic mass is 35.5. The maximum absolute atomic E-state index is 12.6. The highest BCUT2D eigenvalue weighted by Crippen LogP contribution is 2.13. The van der Waals surface area contributed by atoms with Crippen molar-refractivity contribution in [2.45, 2.75) is 19.1 Å². The second-order valence-electron chi connectivity index (χ2n) is 6.75. The molecule has 1 aliphatic heterocycles. The van der Waals surface area contributed by atoms with Gasteiger partial charge >= 0.3 is 0 Å². The molecule has 29 heavy (non-hydrogen) atoms. The van der Waals surface area contributed by atoms with Gasteiger partial charge in [0.15, 0.2) is 5.96 Å². The van der Waals surface area contributed by atoms with Crippen molar-refractivity contribution in [3.8, 4) is 0 Å². The zero-order chi connectivity index (χ0) is 20.7. The van der Waals surface area contributed by atoms with E-state index in [4.69, 9.17) is 21.1 Å². The molecular weight excluding hydrogens is 414 g/mol. The normalized spacial score (nSPS) is 16.2. The molecule has 2 aromatic rings. The molecule has 2 heterocycles. The van der Waals surface area contributed by atoms with Crippen LogP contribution in [0.5, 0.6) is 0 Å². The molecule has 0 radical (unpaired) electrons. The zero-order valence-electron chi connectivity index (χ0n) is 16.4. The summed E-state index contributed by atoms with van der Waals surface area (Å²) in [7, 11) is -3.41. The fourth-order valence-corrected chi connectivity index (χ4v) is 4.69. The molecule has 1 aliphatic rings. The van der Waals surface area contributed by atoms with Crippen molar-refractivity contribution in [1.82, 2.24) is 19.7 Å². The SMILES string of the molecule is CCNC(=NCCc1ccc(Cl)cc1)N1CCN(S(=O)(=O)Cc2ccon2)CC1. The molecule has 0 spiro atoms. The van der Waals surface area contributed by atoms with E-state index in [2.05, 4.69) is 15.4 Å². The summed E-state index contributed by atoms with van der Waals surface area (Å²) in [6, 6.07) is 9.34. The van der Waals surface area contributed by atoms with Crippen molar-refractivity contribution < 1.29 is 12.9 Å². The second kappa shape index (κ2) is 10.1. The Morgan fingerprint density at radius 2 is 1.93 bits per heavy atom. The average molecular weight is 440 g/mol. The number of sulfonamides is 1. The number of hydrogen-bond acceptors (Lipinski definition) is 5. The Morgan fingerprint density at radius 1 is 1.21 bits per heavy atom. The van der Waals surface area contributed by atoms with Gasteiger partial charge in [0.2, 0.25) is 10.0 Å². The third kappa shape index (κ3) is 6.19. The predicted molar refractivity (Wildman–Crippen MR) is 113 cm³/mol. The van der Waals surface area contributed by atoms with Crippen molar-refractivity contribution in [3.05, 3.63) is 52.9 Å². The van der Waals surface area contributed by atoms with Gasteiger partial charge in [-0.1, -0.05) is 28.9 Å². The van der Waals surface area contributed by atoms with E-state index in [0.717, 1.165) is 23.9 Å². The number of nitrogens with zero attached hydrogens (tertiary/aromatic N) is 4. The first kappa shape index (κ1) is 21.6. The van der Waals surface area contributed by atoms with Crippen molar-refractivity contribution >= 4 is 27.6 Å². The number of benzene rings is 1. The summed E-state index contributed by atoms with van der Waals surface area (Å²) in [5, 5.41) is 7.73. The molecule has 0 aliphatic carbocycles. The van der Waals surface area contributed by atoms with E-state index in [-0.39, 0.29) is 5.75 Å². The molecule has 1 aromatic heterocycles. The van der Waals surface area contributed by atoms with Crippen molar-refractivity contribution in [2.75, 3.05) is 39.3 Å². The van der Waals surface area contributed by atoms with Crippen LogP contribution in [-0.2, 0) is 22.2 Å². The molecule has 3 rings (SSSR count). The van der Waals surface area contributed by atoms with Gasteiger partial charge < -0.3 is 14.7 Å². The Morgan fingerprint density at radius 3 is 2.55 bits per heavy atom. The topological polar surface area (TPSA) is 91.0 Å². The van der Waals surface area contributed by atoms with Gasteiger partial charge in [-0.15, -0.1) is 0 Å². The maximum Gasteiger partial charge on any atom is 0.220 e. The minimum Gasteiger partial charge on any atom is -0.364 e. The summed E-state index contributed by atoms with van der Waals surface area (Å²) < 4.78 is 31.4. The smallest absolute Gasteiger partial charge is 0.220 e. The quantitative estimate of drug-likeness (QED) is 0.524. The third-order valence-corrected chi connectivity index (χ3v) is 6.73. The van der Waals surface area contributed by atoms with Crippen LogP contribution >= 0.6 is 11.6 Å². The lowest BCUT2D eigenvalue weighted by molar-refractivity contribution is 0.260. The number of nitrogens with one attached hydrogen (secondary N) is 1. The second-order valence-corrected chi connectivity index (χ2v) is 9.15. The molecule has 0 saturated carbocycles. The van der Waals surface area contributed by atoms with Gasteiger partial charge in [0, 0.05) is 50.4 Å². The van der Waals surface area contributed by atoms with Crippen molar-refractivity contribution in [3.63, 3.8) is 0 Å². The number of halogens is 1. The van der Waals surface area contributed by atoms with Crippen LogP contribution in [0.25, 0.3) is 0 Å². The molecule has 1 aromatic carbocycles. The molecule has 8 nitrogen and oxygen atoms in total. The summed E-state index contributed by atoms with van der Waals surface area (Å²) in [4.78, 5) is 6.82. The molecule has 0 amide bonds. The first-order valence-electron chi connectivity index (χ1n) is 9.62. The number of aliphatic imine (C=N–C) groups is 1. The largest absolute Gasteiger partial charge is 0.364 e. The van der Waals surface area contributed by atoms with Crippen LogP contribution in [0.3, 0.4) is 0 Å². The van der Waals surface area contributed by atoms with Gasteiger partial charge in [0.25, 0.3) is 0 Å². The third-order valence-electron chi connectivity index (χ3n) is 4.66. The maximum atomic E-state index is 12.6. The van der Waals surface area contributed by atoms with Crippen LogP contribution in [0, 0.1) is 0 Å². The van der Waals surface area contributed by atoms with Gasteiger partial charge in [-0.3, -0.25) is 4.99 Å². The van der Waals surface area contributed by atoms with E-state index in [9.17, 15) is 8.42 Å². The zero-order valence-corrected chi connectivity index (χ0v) is 18.0. The molecule has 158 valence electrons. The number of aromatic nitrogens is 1. The fourth-order valence-electron chi connectivity index (χ4n) is 3.14. The number of rotatable bonds is 7. The lowest BCUT2D eigenvalue weighted by Gasteiger charge is -2.35. The van der Waals surface area contributed by atoms with E-state index in [0.29, 0.717) is 38.4 Å².